The zero-order chi connectivity index (χ0) is 13.5. The molecular weight excluding hydrogens is 228 g/mol. The zero-order valence-corrected chi connectivity index (χ0v) is 11.0. The van der Waals surface area contributed by atoms with Crippen LogP contribution in [-0.4, -0.2) is 35.9 Å². The van der Waals surface area contributed by atoms with Crippen molar-refractivity contribution in [3.63, 3.8) is 0 Å². The normalized spacial score (nSPS) is 11.4. The first-order valence-electron chi connectivity index (χ1n) is 5.93. The quantitative estimate of drug-likeness (QED) is 0.859. The Hall–Kier alpha value is -2.09. The van der Waals surface area contributed by atoms with Crippen LogP contribution in [0.3, 0.4) is 0 Å². The summed E-state index contributed by atoms with van der Waals surface area (Å²) in [5, 5.41) is 11.8. The van der Waals surface area contributed by atoms with Crippen LogP contribution >= 0.6 is 0 Å². The lowest BCUT2D eigenvalue weighted by molar-refractivity contribution is 0.0785. The lowest BCUT2D eigenvalue weighted by atomic mass is 10.1. The minimum atomic E-state index is -0.172. The van der Waals surface area contributed by atoms with Crippen molar-refractivity contribution in [2.45, 2.75) is 13.8 Å². The van der Waals surface area contributed by atoms with Crippen molar-refractivity contribution in [3.8, 4) is 6.07 Å². The molecule has 18 heavy (non-hydrogen) atoms. The summed E-state index contributed by atoms with van der Waals surface area (Å²) in [5.74, 6) is 0.415. The van der Waals surface area contributed by atoms with Gasteiger partial charge < -0.3 is 10.2 Å². The second-order valence-corrected chi connectivity index (χ2v) is 4.18. The Morgan fingerprint density at radius 2 is 2.39 bits per heavy atom. The Bertz CT molecular complexity index is 453. The van der Waals surface area contributed by atoms with Crippen LogP contribution in [0, 0.1) is 17.2 Å². The second-order valence-electron chi connectivity index (χ2n) is 4.18. The van der Waals surface area contributed by atoms with Gasteiger partial charge in [-0.1, -0.05) is 0 Å². The van der Waals surface area contributed by atoms with Gasteiger partial charge in [-0.25, -0.2) is 4.98 Å². The van der Waals surface area contributed by atoms with Gasteiger partial charge in [-0.3, -0.25) is 4.79 Å². The van der Waals surface area contributed by atoms with E-state index in [9.17, 15) is 4.79 Å². The third kappa shape index (κ3) is 3.74. The van der Waals surface area contributed by atoms with E-state index in [-0.39, 0.29) is 11.8 Å². The van der Waals surface area contributed by atoms with Crippen molar-refractivity contribution in [1.29, 1.82) is 5.26 Å². The Balaban J connectivity index is 2.77. The van der Waals surface area contributed by atoms with Crippen molar-refractivity contribution < 1.29 is 4.79 Å². The number of carbonyl (C=O) groups is 1. The highest BCUT2D eigenvalue weighted by Gasteiger charge is 2.14. The molecule has 0 spiro atoms. The Morgan fingerprint density at radius 1 is 1.67 bits per heavy atom. The fourth-order valence-corrected chi connectivity index (χ4v) is 1.60. The van der Waals surface area contributed by atoms with Gasteiger partial charge in [-0.2, -0.15) is 5.26 Å². The monoisotopic (exact) mass is 246 g/mol. The van der Waals surface area contributed by atoms with Crippen LogP contribution in [0.1, 0.15) is 24.2 Å². The standard InChI is InChI=1S/C13H18N4O/c1-4-15-12-7-11(5-6-16-12)13(18)17(3)9-10(2)8-14/h5-7,10H,4,9H2,1-3H3,(H,15,16). The van der Waals surface area contributed by atoms with Gasteiger partial charge in [0.1, 0.15) is 5.82 Å². The van der Waals surface area contributed by atoms with Gasteiger partial charge >= 0.3 is 0 Å². The van der Waals surface area contributed by atoms with Gasteiger partial charge in [0, 0.05) is 31.9 Å². The molecule has 1 atom stereocenters. The molecule has 0 aliphatic rings. The first-order valence-corrected chi connectivity index (χ1v) is 5.93. The van der Waals surface area contributed by atoms with Gasteiger partial charge in [0.15, 0.2) is 0 Å². The minimum absolute atomic E-state index is 0.0985. The number of nitriles is 1. The van der Waals surface area contributed by atoms with Crippen molar-refractivity contribution in [2.24, 2.45) is 5.92 Å². The highest BCUT2D eigenvalue weighted by atomic mass is 16.2. The molecule has 5 heteroatoms. The maximum atomic E-state index is 12.1. The molecule has 0 aliphatic carbocycles. The molecule has 0 saturated heterocycles. The Labute approximate surface area is 107 Å². The number of nitrogens with one attached hydrogen (secondary N) is 1. The van der Waals surface area contributed by atoms with E-state index in [1.54, 1.807) is 37.2 Å². The van der Waals surface area contributed by atoms with Crippen LogP contribution in [0.25, 0.3) is 0 Å². The summed E-state index contributed by atoms with van der Waals surface area (Å²) in [4.78, 5) is 17.8. The predicted molar refractivity (Wildman–Crippen MR) is 70.1 cm³/mol. The molecule has 5 nitrogen and oxygen atoms in total. The third-order valence-electron chi connectivity index (χ3n) is 2.48. The number of nitrogens with zero attached hydrogens (tertiary/aromatic N) is 3. The minimum Gasteiger partial charge on any atom is -0.370 e. The molecule has 1 aromatic heterocycles. The molecule has 1 aromatic rings. The Morgan fingerprint density at radius 3 is 3.00 bits per heavy atom. The van der Waals surface area contributed by atoms with Crippen molar-refractivity contribution in [3.05, 3.63) is 23.9 Å². The molecule has 1 N–H and O–H groups in total. The summed E-state index contributed by atoms with van der Waals surface area (Å²) in [6.07, 6.45) is 1.60. The van der Waals surface area contributed by atoms with Crippen LogP contribution in [0.4, 0.5) is 5.82 Å². The number of hydrogen-bond acceptors (Lipinski definition) is 4. The van der Waals surface area contributed by atoms with E-state index < -0.39 is 0 Å². The molecule has 1 heterocycles. The average molecular weight is 246 g/mol. The molecule has 0 bridgehead atoms. The number of rotatable bonds is 5. The van der Waals surface area contributed by atoms with E-state index in [0.29, 0.717) is 17.9 Å². The summed E-state index contributed by atoms with van der Waals surface area (Å²) in [7, 11) is 1.70. The number of aromatic nitrogens is 1. The first kappa shape index (κ1) is 14.0. The largest absolute Gasteiger partial charge is 0.370 e. The highest BCUT2D eigenvalue weighted by Crippen LogP contribution is 2.10. The third-order valence-corrected chi connectivity index (χ3v) is 2.48. The van der Waals surface area contributed by atoms with E-state index >= 15 is 0 Å². The van der Waals surface area contributed by atoms with Crippen LogP contribution in [0.15, 0.2) is 18.3 Å². The fourth-order valence-electron chi connectivity index (χ4n) is 1.60. The molecular formula is C13H18N4O. The number of amides is 1. The summed E-state index contributed by atoms with van der Waals surface area (Å²) in [6, 6.07) is 5.51. The molecule has 0 aliphatic heterocycles. The lowest BCUT2D eigenvalue weighted by Crippen LogP contribution is -2.30. The molecule has 0 radical (unpaired) electrons. The smallest absolute Gasteiger partial charge is 0.253 e. The number of anilines is 1. The number of carbonyl (C=O) groups excluding carboxylic acids is 1. The summed E-state index contributed by atoms with van der Waals surface area (Å²) >= 11 is 0. The van der Waals surface area contributed by atoms with E-state index in [0.717, 1.165) is 6.54 Å². The van der Waals surface area contributed by atoms with Crippen LogP contribution in [-0.2, 0) is 0 Å². The molecule has 0 fully saturated rings. The van der Waals surface area contributed by atoms with Crippen molar-refractivity contribution >= 4 is 11.7 Å². The Kier molecular flexibility index (Phi) is 5.12. The summed E-state index contributed by atoms with van der Waals surface area (Å²) < 4.78 is 0. The molecule has 0 aromatic carbocycles. The van der Waals surface area contributed by atoms with Crippen molar-refractivity contribution in [2.75, 3.05) is 25.5 Å². The van der Waals surface area contributed by atoms with Crippen molar-refractivity contribution in [1.82, 2.24) is 9.88 Å². The lowest BCUT2D eigenvalue weighted by Gasteiger charge is -2.18. The maximum absolute atomic E-state index is 12.1. The van der Waals surface area contributed by atoms with E-state index in [1.807, 2.05) is 6.92 Å². The van der Waals surface area contributed by atoms with Gasteiger partial charge in [0.25, 0.3) is 5.91 Å². The van der Waals surface area contributed by atoms with Gasteiger partial charge in [0.2, 0.25) is 0 Å². The van der Waals surface area contributed by atoms with Gasteiger partial charge in [0.05, 0.1) is 12.0 Å². The molecule has 0 saturated carbocycles. The van der Waals surface area contributed by atoms with Gasteiger partial charge in [-0.15, -0.1) is 0 Å². The number of pyridine rings is 1. The topological polar surface area (TPSA) is 69.0 Å². The summed E-state index contributed by atoms with van der Waals surface area (Å²) in [6.45, 7) is 4.94. The molecule has 1 rings (SSSR count). The maximum Gasteiger partial charge on any atom is 0.253 e. The van der Waals surface area contributed by atoms with Crippen LogP contribution < -0.4 is 5.32 Å². The van der Waals surface area contributed by atoms with E-state index in [1.165, 1.54) is 0 Å². The highest BCUT2D eigenvalue weighted by molar-refractivity contribution is 5.94. The summed E-state index contributed by atoms with van der Waals surface area (Å²) in [5.41, 5.74) is 0.577. The first-order chi connectivity index (χ1) is 8.58. The SMILES string of the molecule is CCNc1cc(C(=O)N(C)CC(C)C#N)ccn1. The van der Waals surface area contributed by atoms with E-state index in [4.69, 9.17) is 5.26 Å². The van der Waals surface area contributed by atoms with Crippen LogP contribution in [0.5, 0.6) is 0 Å². The zero-order valence-electron chi connectivity index (χ0n) is 11.0. The van der Waals surface area contributed by atoms with Gasteiger partial charge in [-0.05, 0) is 26.0 Å². The number of hydrogen-bond donors (Lipinski definition) is 1. The molecule has 1 unspecified atom stereocenters. The van der Waals surface area contributed by atoms with E-state index in [2.05, 4.69) is 16.4 Å². The average Bonchev–Trinajstić information content (AvgIpc) is 2.38. The fraction of sp³-hybridized carbons (Fsp3) is 0.462. The van der Waals surface area contributed by atoms with Crippen LogP contribution in [0.2, 0.25) is 0 Å². The predicted octanol–water partition coefficient (Wildman–Crippen LogP) is 1.75. The molecule has 96 valence electrons. The molecule has 1 amide bonds. The second kappa shape index (κ2) is 6.60.